The third-order valence-corrected chi connectivity index (χ3v) is 1.51. The summed E-state index contributed by atoms with van der Waals surface area (Å²) in [5.74, 6) is -0.899. The number of ether oxygens (including phenoxy) is 1. The van der Waals surface area contributed by atoms with E-state index in [-0.39, 0.29) is 17.0 Å². The van der Waals surface area contributed by atoms with Crippen molar-refractivity contribution in [2.24, 2.45) is 0 Å². The minimum Gasteiger partial charge on any atom is -0.483 e. The lowest BCUT2D eigenvalue weighted by Gasteiger charge is -2.03. The molecule has 5 heteroatoms. The number of aliphatic carboxylic acids is 1. The second kappa shape index (κ2) is 4.64. The van der Waals surface area contributed by atoms with E-state index < -0.39 is 12.6 Å². The SMILES string of the molecule is [C-]#[N+]c1cc(C#N)cc(OCC(=O)O)c1. The van der Waals surface area contributed by atoms with Gasteiger partial charge >= 0.3 is 5.97 Å². The monoisotopic (exact) mass is 202 g/mol. The van der Waals surface area contributed by atoms with Crippen LogP contribution >= 0.6 is 0 Å². The molecule has 5 nitrogen and oxygen atoms in total. The number of rotatable bonds is 3. The van der Waals surface area contributed by atoms with Crippen LogP contribution in [0.1, 0.15) is 5.56 Å². The van der Waals surface area contributed by atoms with Crippen LogP contribution in [0.25, 0.3) is 4.85 Å². The van der Waals surface area contributed by atoms with Crippen molar-refractivity contribution in [1.29, 1.82) is 5.26 Å². The molecule has 0 heterocycles. The highest BCUT2D eigenvalue weighted by atomic mass is 16.5. The Hall–Kier alpha value is -2.53. The van der Waals surface area contributed by atoms with Crippen LogP contribution in [0.2, 0.25) is 0 Å². The predicted molar refractivity (Wildman–Crippen MR) is 50.5 cm³/mol. The Balaban J connectivity index is 2.94. The summed E-state index contributed by atoms with van der Waals surface area (Å²) < 4.78 is 4.86. The van der Waals surface area contributed by atoms with Crippen LogP contribution in [0.5, 0.6) is 5.75 Å². The molecule has 0 fully saturated rings. The summed E-state index contributed by atoms with van der Waals surface area (Å²) >= 11 is 0. The van der Waals surface area contributed by atoms with E-state index in [9.17, 15) is 4.79 Å². The lowest BCUT2D eigenvalue weighted by Crippen LogP contribution is -2.09. The number of hydrogen-bond acceptors (Lipinski definition) is 3. The molecule has 0 unspecified atom stereocenters. The van der Waals surface area contributed by atoms with Crippen LogP contribution in [0, 0.1) is 17.9 Å². The number of nitriles is 1. The Bertz CT molecular complexity index is 436. The van der Waals surface area contributed by atoms with Crippen molar-refractivity contribution in [3.05, 3.63) is 35.2 Å². The smallest absolute Gasteiger partial charge is 0.341 e. The van der Waals surface area contributed by atoms with Gasteiger partial charge < -0.3 is 9.84 Å². The first kappa shape index (κ1) is 10.6. The number of carboxylic acid groups (broad SMARTS) is 1. The lowest BCUT2D eigenvalue weighted by molar-refractivity contribution is -0.139. The Labute approximate surface area is 86.0 Å². The van der Waals surface area contributed by atoms with Crippen molar-refractivity contribution in [3.8, 4) is 11.8 Å². The standard InChI is InChI=1S/C10H6N2O3/c1-12-8-2-7(5-11)3-9(4-8)15-6-10(13)14/h2-4H,6H2,(H,13,14). The molecule has 0 aromatic heterocycles. The largest absolute Gasteiger partial charge is 0.483 e. The van der Waals surface area contributed by atoms with Gasteiger partial charge in [-0.1, -0.05) is 0 Å². The second-order valence-corrected chi connectivity index (χ2v) is 2.62. The summed E-state index contributed by atoms with van der Waals surface area (Å²) in [5, 5.41) is 17.0. The number of nitrogens with zero attached hydrogens (tertiary/aromatic N) is 2. The van der Waals surface area contributed by atoms with Gasteiger partial charge in [0.2, 0.25) is 0 Å². The molecule has 0 aliphatic rings. The molecule has 0 aliphatic heterocycles. The molecule has 0 spiro atoms. The summed E-state index contributed by atoms with van der Waals surface area (Å²) in [6, 6.07) is 6.03. The molecule has 1 aromatic rings. The highest BCUT2D eigenvalue weighted by Crippen LogP contribution is 2.22. The molecule has 15 heavy (non-hydrogen) atoms. The average molecular weight is 202 g/mol. The van der Waals surface area contributed by atoms with Gasteiger partial charge in [0, 0.05) is 5.56 Å². The normalized spacial score (nSPS) is 8.67. The summed E-state index contributed by atoms with van der Waals surface area (Å²) in [6.45, 7) is 6.28. The van der Waals surface area contributed by atoms with Crippen LogP contribution in [0.3, 0.4) is 0 Å². The van der Waals surface area contributed by atoms with E-state index >= 15 is 0 Å². The van der Waals surface area contributed by atoms with E-state index in [2.05, 4.69) is 4.85 Å². The maximum absolute atomic E-state index is 10.2. The van der Waals surface area contributed by atoms with Gasteiger partial charge in [0.1, 0.15) is 5.75 Å². The molecule has 0 saturated carbocycles. The summed E-state index contributed by atoms with van der Waals surface area (Å²) in [5.41, 5.74) is 0.512. The number of carbonyl (C=O) groups is 1. The fourth-order valence-corrected chi connectivity index (χ4v) is 0.941. The maximum atomic E-state index is 10.2. The zero-order valence-corrected chi connectivity index (χ0v) is 7.60. The maximum Gasteiger partial charge on any atom is 0.341 e. The molecule has 1 N–H and O–H groups in total. The zero-order valence-electron chi connectivity index (χ0n) is 7.60. The highest BCUT2D eigenvalue weighted by Gasteiger charge is 2.03. The van der Waals surface area contributed by atoms with E-state index in [4.69, 9.17) is 21.7 Å². The van der Waals surface area contributed by atoms with Gasteiger partial charge in [-0.3, -0.25) is 0 Å². The number of benzene rings is 1. The molecule has 0 atom stereocenters. The minimum atomic E-state index is -1.11. The molecule has 0 aliphatic carbocycles. The van der Waals surface area contributed by atoms with E-state index in [0.29, 0.717) is 0 Å². The fourth-order valence-electron chi connectivity index (χ4n) is 0.941. The number of carboxylic acids is 1. The average Bonchev–Trinajstić information content (AvgIpc) is 2.25. The Kier molecular flexibility index (Phi) is 3.26. The van der Waals surface area contributed by atoms with Gasteiger partial charge in [0.25, 0.3) is 0 Å². The third kappa shape index (κ3) is 3.02. The molecule has 0 radical (unpaired) electrons. The van der Waals surface area contributed by atoms with Crippen molar-refractivity contribution < 1.29 is 14.6 Å². The first-order chi connectivity index (χ1) is 7.15. The molecule has 74 valence electrons. The Morgan fingerprint density at radius 1 is 1.60 bits per heavy atom. The van der Waals surface area contributed by atoms with Crippen LogP contribution in [-0.2, 0) is 4.79 Å². The molecule has 1 aromatic carbocycles. The van der Waals surface area contributed by atoms with Crippen molar-refractivity contribution in [3.63, 3.8) is 0 Å². The van der Waals surface area contributed by atoms with Gasteiger partial charge in [0.05, 0.1) is 12.6 Å². The first-order valence-electron chi connectivity index (χ1n) is 3.93. The number of hydrogen-bond donors (Lipinski definition) is 1. The first-order valence-corrected chi connectivity index (χ1v) is 3.93. The summed E-state index contributed by atoms with van der Waals surface area (Å²) in [4.78, 5) is 13.4. The third-order valence-electron chi connectivity index (χ3n) is 1.51. The molecule has 0 amide bonds. The van der Waals surface area contributed by atoms with Crippen molar-refractivity contribution in [1.82, 2.24) is 0 Å². The van der Waals surface area contributed by atoms with Gasteiger partial charge in [0.15, 0.2) is 12.3 Å². The van der Waals surface area contributed by atoms with Gasteiger partial charge in [-0.15, -0.1) is 0 Å². The van der Waals surface area contributed by atoms with Crippen LogP contribution in [0.15, 0.2) is 18.2 Å². The van der Waals surface area contributed by atoms with E-state index in [1.54, 1.807) is 0 Å². The van der Waals surface area contributed by atoms with Gasteiger partial charge in [-0.2, -0.15) is 5.26 Å². The van der Waals surface area contributed by atoms with Crippen molar-refractivity contribution >= 4 is 11.7 Å². The summed E-state index contributed by atoms with van der Waals surface area (Å²) in [6.07, 6.45) is 0. The molecule has 0 saturated heterocycles. The van der Waals surface area contributed by atoms with Crippen molar-refractivity contribution in [2.45, 2.75) is 0 Å². The zero-order chi connectivity index (χ0) is 11.3. The van der Waals surface area contributed by atoms with E-state index in [1.165, 1.54) is 18.2 Å². The molecule has 1 rings (SSSR count). The Morgan fingerprint density at radius 3 is 2.87 bits per heavy atom. The molecular formula is C10H6N2O3. The Morgan fingerprint density at radius 2 is 2.33 bits per heavy atom. The second-order valence-electron chi connectivity index (χ2n) is 2.62. The fraction of sp³-hybridized carbons (Fsp3) is 0.100. The van der Waals surface area contributed by atoms with Crippen LogP contribution in [-0.4, -0.2) is 17.7 Å². The molecule has 0 bridgehead atoms. The van der Waals surface area contributed by atoms with Gasteiger partial charge in [-0.25, -0.2) is 9.64 Å². The predicted octanol–water partition coefficient (Wildman–Crippen LogP) is 1.57. The minimum absolute atomic E-state index is 0.211. The van der Waals surface area contributed by atoms with E-state index in [1.807, 2.05) is 6.07 Å². The summed E-state index contributed by atoms with van der Waals surface area (Å²) in [7, 11) is 0. The van der Waals surface area contributed by atoms with E-state index in [0.717, 1.165) is 0 Å². The van der Waals surface area contributed by atoms with Crippen LogP contribution in [0.4, 0.5) is 5.69 Å². The topological polar surface area (TPSA) is 74.7 Å². The molecular weight excluding hydrogens is 196 g/mol. The van der Waals surface area contributed by atoms with Crippen molar-refractivity contribution in [2.75, 3.05) is 6.61 Å². The highest BCUT2D eigenvalue weighted by molar-refractivity contribution is 5.68. The lowest BCUT2D eigenvalue weighted by atomic mass is 10.2. The van der Waals surface area contributed by atoms with Gasteiger partial charge in [-0.05, 0) is 18.2 Å². The van der Waals surface area contributed by atoms with Crippen LogP contribution < -0.4 is 4.74 Å². The quantitative estimate of drug-likeness (QED) is 0.755.